The first-order chi connectivity index (χ1) is 14.0. The molecule has 0 aliphatic carbocycles. The average molecular weight is 420 g/mol. The Morgan fingerprint density at radius 2 is 1.76 bits per heavy atom. The van der Waals surface area contributed by atoms with Gasteiger partial charge in [0.1, 0.15) is 12.4 Å². The number of nitrogens with one attached hydrogen (secondary N) is 1. The summed E-state index contributed by atoms with van der Waals surface area (Å²) in [7, 11) is -2.00. The van der Waals surface area contributed by atoms with Crippen molar-refractivity contribution in [3.8, 4) is 5.75 Å². The van der Waals surface area contributed by atoms with Crippen LogP contribution >= 0.6 is 0 Å². The summed E-state index contributed by atoms with van der Waals surface area (Å²) in [5.41, 5.74) is 0.872. The van der Waals surface area contributed by atoms with Crippen molar-refractivity contribution in [1.29, 1.82) is 0 Å². The summed E-state index contributed by atoms with van der Waals surface area (Å²) in [6.07, 6.45) is 0. The van der Waals surface area contributed by atoms with E-state index in [1.165, 1.54) is 16.4 Å². The fourth-order valence-corrected chi connectivity index (χ4v) is 4.27. The Kier molecular flexibility index (Phi) is 7.21. The standard InChI is InChI=1S/C20H24N2O6S/c1-26-14-15-28-19-5-3-2-4-18(19)20(23)21-16-6-8-17(9-7-16)29(24,25)22-10-12-27-13-11-22/h2-9H,10-15H2,1H3,(H,21,23). The fourth-order valence-electron chi connectivity index (χ4n) is 2.86. The molecule has 0 bridgehead atoms. The highest BCUT2D eigenvalue weighted by Crippen LogP contribution is 2.22. The van der Waals surface area contributed by atoms with Crippen molar-refractivity contribution >= 4 is 21.6 Å². The van der Waals surface area contributed by atoms with Crippen molar-refractivity contribution in [2.24, 2.45) is 0 Å². The summed E-state index contributed by atoms with van der Waals surface area (Å²) in [5, 5.41) is 2.77. The van der Waals surface area contributed by atoms with Crippen LogP contribution in [0.1, 0.15) is 10.4 Å². The number of morpholine rings is 1. The number of sulfonamides is 1. The van der Waals surface area contributed by atoms with Gasteiger partial charge in [-0.25, -0.2) is 8.42 Å². The number of hydrogen-bond acceptors (Lipinski definition) is 6. The number of hydrogen-bond donors (Lipinski definition) is 1. The van der Waals surface area contributed by atoms with Gasteiger partial charge in [-0.2, -0.15) is 4.31 Å². The first-order valence-corrected chi connectivity index (χ1v) is 10.7. The van der Waals surface area contributed by atoms with Gasteiger partial charge in [0.25, 0.3) is 5.91 Å². The van der Waals surface area contributed by atoms with Crippen molar-refractivity contribution in [2.45, 2.75) is 4.90 Å². The molecule has 3 rings (SSSR count). The number of ether oxygens (including phenoxy) is 3. The van der Waals surface area contributed by atoms with Crippen molar-refractivity contribution in [2.75, 3.05) is 51.9 Å². The van der Waals surface area contributed by atoms with Crippen LogP contribution in [-0.2, 0) is 19.5 Å². The highest BCUT2D eigenvalue weighted by molar-refractivity contribution is 7.89. The molecule has 0 radical (unpaired) electrons. The molecule has 0 aromatic heterocycles. The zero-order valence-corrected chi connectivity index (χ0v) is 17.0. The lowest BCUT2D eigenvalue weighted by Crippen LogP contribution is -2.40. The third kappa shape index (κ3) is 5.33. The Labute approximate surface area is 170 Å². The maximum atomic E-state index is 12.7. The lowest BCUT2D eigenvalue weighted by atomic mass is 10.2. The Morgan fingerprint density at radius 1 is 1.07 bits per heavy atom. The largest absolute Gasteiger partial charge is 0.490 e. The van der Waals surface area contributed by atoms with Gasteiger partial charge in [0.2, 0.25) is 10.0 Å². The van der Waals surface area contributed by atoms with Crippen LogP contribution < -0.4 is 10.1 Å². The number of nitrogens with zero attached hydrogens (tertiary/aromatic N) is 1. The van der Waals surface area contributed by atoms with Crippen LogP contribution in [0.4, 0.5) is 5.69 Å². The topological polar surface area (TPSA) is 94.2 Å². The highest BCUT2D eigenvalue weighted by Gasteiger charge is 2.26. The molecule has 0 atom stereocenters. The van der Waals surface area contributed by atoms with Crippen molar-refractivity contribution < 1.29 is 27.4 Å². The van der Waals surface area contributed by atoms with E-state index in [-0.39, 0.29) is 10.8 Å². The maximum absolute atomic E-state index is 12.7. The molecule has 2 aromatic rings. The van der Waals surface area contributed by atoms with Crippen LogP contribution in [0.15, 0.2) is 53.4 Å². The zero-order chi connectivity index (χ0) is 20.7. The minimum atomic E-state index is -3.57. The Morgan fingerprint density at radius 3 is 2.45 bits per heavy atom. The normalized spacial score (nSPS) is 15.1. The number of amides is 1. The van der Waals surface area contributed by atoms with Crippen LogP contribution in [0, 0.1) is 0 Å². The minimum absolute atomic E-state index is 0.181. The van der Waals surface area contributed by atoms with Crippen LogP contribution in [0.2, 0.25) is 0 Å². The van der Waals surface area contributed by atoms with Crippen LogP contribution in [0.25, 0.3) is 0 Å². The molecule has 2 aromatic carbocycles. The highest BCUT2D eigenvalue weighted by atomic mass is 32.2. The number of carbonyl (C=O) groups excluding carboxylic acids is 1. The molecule has 156 valence electrons. The van der Waals surface area contributed by atoms with Crippen LogP contribution in [0.5, 0.6) is 5.75 Å². The molecule has 9 heteroatoms. The molecule has 1 aliphatic rings. The van der Waals surface area contributed by atoms with E-state index in [1.54, 1.807) is 43.5 Å². The minimum Gasteiger partial charge on any atom is -0.490 e. The van der Waals surface area contributed by atoms with Gasteiger partial charge >= 0.3 is 0 Å². The van der Waals surface area contributed by atoms with Gasteiger partial charge in [0.15, 0.2) is 0 Å². The summed E-state index contributed by atoms with van der Waals surface area (Å²) in [5.74, 6) is 0.107. The molecule has 8 nitrogen and oxygen atoms in total. The summed E-state index contributed by atoms with van der Waals surface area (Å²) < 4.78 is 42.5. The Bertz CT molecular complexity index is 924. The van der Waals surface area contributed by atoms with E-state index < -0.39 is 10.0 Å². The van der Waals surface area contributed by atoms with Crippen molar-refractivity contribution in [3.63, 3.8) is 0 Å². The molecule has 0 saturated carbocycles. The average Bonchev–Trinajstić information content (AvgIpc) is 2.75. The lowest BCUT2D eigenvalue weighted by Gasteiger charge is -2.26. The Hall–Kier alpha value is -2.46. The lowest BCUT2D eigenvalue weighted by molar-refractivity contribution is 0.0730. The summed E-state index contributed by atoms with van der Waals surface area (Å²) >= 11 is 0. The van der Waals surface area contributed by atoms with E-state index >= 15 is 0 Å². The molecular formula is C20H24N2O6S. The van der Waals surface area contributed by atoms with E-state index in [1.807, 2.05) is 0 Å². The second kappa shape index (κ2) is 9.84. The van der Waals surface area contributed by atoms with Crippen LogP contribution in [0.3, 0.4) is 0 Å². The SMILES string of the molecule is COCCOc1ccccc1C(=O)Nc1ccc(S(=O)(=O)N2CCOCC2)cc1. The third-order valence-corrected chi connectivity index (χ3v) is 6.31. The molecule has 0 spiro atoms. The number of carbonyl (C=O) groups is 1. The first-order valence-electron chi connectivity index (χ1n) is 9.22. The molecule has 1 heterocycles. The third-order valence-electron chi connectivity index (χ3n) is 4.40. The van der Waals surface area contributed by atoms with Gasteiger partial charge in [-0.05, 0) is 36.4 Å². The van der Waals surface area contributed by atoms with Gasteiger partial charge in [-0.3, -0.25) is 4.79 Å². The van der Waals surface area contributed by atoms with Crippen molar-refractivity contribution in [1.82, 2.24) is 4.31 Å². The van der Waals surface area contributed by atoms with Gasteiger partial charge in [0, 0.05) is 25.9 Å². The Balaban J connectivity index is 1.69. The first kappa shape index (κ1) is 21.3. The van der Waals surface area contributed by atoms with Gasteiger partial charge < -0.3 is 19.5 Å². The molecule has 1 fully saturated rings. The smallest absolute Gasteiger partial charge is 0.259 e. The number of para-hydroxylation sites is 1. The second-order valence-electron chi connectivity index (χ2n) is 6.33. The van der Waals surface area contributed by atoms with E-state index in [2.05, 4.69) is 5.32 Å². The van der Waals surface area contributed by atoms with E-state index in [0.29, 0.717) is 56.5 Å². The molecule has 0 unspecified atom stereocenters. The molecule has 1 aliphatic heterocycles. The number of rotatable bonds is 8. The molecule has 1 amide bonds. The summed E-state index contributed by atoms with van der Waals surface area (Å²) in [4.78, 5) is 12.8. The molecule has 1 N–H and O–H groups in total. The van der Waals surface area contributed by atoms with Gasteiger partial charge in [-0.15, -0.1) is 0 Å². The quantitative estimate of drug-likeness (QED) is 0.657. The van der Waals surface area contributed by atoms with Crippen LogP contribution in [-0.4, -0.2) is 65.3 Å². The van der Waals surface area contributed by atoms with E-state index in [0.717, 1.165) is 0 Å². The number of anilines is 1. The predicted octanol–water partition coefficient (Wildman–Crippen LogP) is 1.98. The summed E-state index contributed by atoms with van der Waals surface area (Å²) in [6.45, 7) is 2.18. The number of benzene rings is 2. The van der Waals surface area contributed by atoms with Gasteiger partial charge in [-0.1, -0.05) is 12.1 Å². The fraction of sp³-hybridized carbons (Fsp3) is 0.350. The molecule has 1 saturated heterocycles. The van der Waals surface area contributed by atoms with Gasteiger partial charge in [0.05, 0.1) is 30.3 Å². The monoisotopic (exact) mass is 420 g/mol. The summed E-state index contributed by atoms with van der Waals surface area (Å²) in [6, 6.07) is 13.0. The second-order valence-corrected chi connectivity index (χ2v) is 8.27. The predicted molar refractivity (Wildman–Crippen MR) is 108 cm³/mol. The van der Waals surface area contributed by atoms with Crippen molar-refractivity contribution in [3.05, 3.63) is 54.1 Å². The maximum Gasteiger partial charge on any atom is 0.259 e. The number of methoxy groups -OCH3 is 1. The zero-order valence-electron chi connectivity index (χ0n) is 16.2. The van der Waals surface area contributed by atoms with E-state index in [9.17, 15) is 13.2 Å². The molecular weight excluding hydrogens is 396 g/mol. The van der Waals surface area contributed by atoms with E-state index in [4.69, 9.17) is 14.2 Å². The molecule has 29 heavy (non-hydrogen) atoms.